The highest BCUT2D eigenvalue weighted by Crippen LogP contribution is 2.23. The maximum Gasteiger partial charge on any atom is 0.235 e. The van der Waals surface area contributed by atoms with E-state index in [-0.39, 0.29) is 11.8 Å². The average Bonchev–Trinajstić information content (AvgIpc) is 2.87. The van der Waals surface area contributed by atoms with Gasteiger partial charge in [-0.1, -0.05) is 24.6 Å². The molecule has 0 unspecified atom stereocenters. The fraction of sp³-hybridized carbons (Fsp3) is 0.444. The molecular weight excluding hydrogens is 340 g/mol. The van der Waals surface area contributed by atoms with Crippen LogP contribution in [0.5, 0.6) is 0 Å². The summed E-state index contributed by atoms with van der Waals surface area (Å²) >= 11 is 0. The first-order valence-corrected chi connectivity index (χ1v) is 10.1. The lowest BCUT2D eigenvalue weighted by molar-refractivity contribution is -0.119. The summed E-state index contributed by atoms with van der Waals surface area (Å²) in [6.45, 7) is 7.41. The fourth-order valence-electron chi connectivity index (χ4n) is 2.26. The van der Waals surface area contributed by atoms with E-state index in [9.17, 15) is 13.2 Å². The number of carbonyl (C=O) groups excluding carboxylic acids is 1. The van der Waals surface area contributed by atoms with Crippen molar-refractivity contribution < 1.29 is 17.6 Å². The van der Waals surface area contributed by atoms with E-state index in [1.165, 1.54) is 0 Å². The molecule has 0 spiro atoms. The zero-order valence-electron chi connectivity index (χ0n) is 15.0. The van der Waals surface area contributed by atoms with Crippen molar-refractivity contribution in [2.75, 3.05) is 5.75 Å². The summed E-state index contributed by atoms with van der Waals surface area (Å²) in [5.74, 6) is -0.534. The Kier molecular flexibility index (Phi) is 6.00. The Hall–Kier alpha value is -2.15. The number of hydrogen-bond donors (Lipinski definition) is 1. The second-order valence-corrected chi connectivity index (χ2v) is 8.36. The molecule has 136 valence electrons. The van der Waals surface area contributed by atoms with E-state index in [0.717, 1.165) is 17.5 Å². The number of hydrogen-bond acceptors (Lipinski definition) is 5. The molecular formula is C18H24N2O4S. The van der Waals surface area contributed by atoms with Gasteiger partial charge in [-0.15, -0.1) is 0 Å². The van der Waals surface area contributed by atoms with Gasteiger partial charge in [-0.05, 0) is 39.3 Å². The third-order valence-corrected chi connectivity index (χ3v) is 5.33. The lowest BCUT2D eigenvalue weighted by Crippen LogP contribution is -2.36. The van der Waals surface area contributed by atoms with Gasteiger partial charge in [0.15, 0.2) is 9.84 Å². The lowest BCUT2D eigenvalue weighted by atomic mass is 10.1. The second-order valence-electron chi connectivity index (χ2n) is 6.30. The summed E-state index contributed by atoms with van der Waals surface area (Å²) in [6, 6.07) is 7.57. The predicted molar refractivity (Wildman–Crippen MR) is 96.8 cm³/mol. The van der Waals surface area contributed by atoms with Gasteiger partial charge in [-0.2, -0.15) is 0 Å². The Morgan fingerprint density at radius 3 is 2.48 bits per heavy atom. The van der Waals surface area contributed by atoms with Gasteiger partial charge in [0.05, 0.1) is 11.4 Å². The molecule has 2 aromatic rings. The van der Waals surface area contributed by atoms with Crippen molar-refractivity contribution >= 4 is 15.7 Å². The van der Waals surface area contributed by atoms with E-state index in [4.69, 9.17) is 4.42 Å². The highest BCUT2D eigenvalue weighted by molar-refractivity contribution is 7.91. The van der Waals surface area contributed by atoms with Gasteiger partial charge in [0, 0.05) is 11.6 Å². The van der Waals surface area contributed by atoms with Crippen molar-refractivity contribution in [1.29, 1.82) is 0 Å². The summed E-state index contributed by atoms with van der Waals surface area (Å²) in [6.07, 6.45) is 0.744. The van der Waals surface area contributed by atoms with E-state index in [2.05, 4.69) is 10.3 Å². The van der Waals surface area contributed by atoms with E-state index >= 15 is 0 Å². The van der Waals surface area contributed by atoms with Gasteiger partial charge in [-0.25, -0.2) is 13.4 Å². The van der Waals surface area contributed by atoms with Crippen molar-refractivity contribution in [1.82, 2.24) is 10.3 Å². The van der Waals surface area contributed by atoms with Gasteiger partial charge in [0.25, 0.3) is 0 Å². The molecule has 7 heteroatoms. The number of oxazole rings is 1. The summed E-state index contributed by atoms with van der Waals surface area (Å²) in [5, 5.41) is 2.66. The zero-order chi connectivity index (χ0) is 18.6. The molecule has 0 aliphatic rings. The Morgan fingerprint density at radius 2 is 1.88 bits per heavy atom. The molecule has 1 amide bonds. The van der Waals surface area contributed by atoms with Crippen molar-refractivity contribution in [2.45, 2.75) is 45.9 Å². The molecule has 0 aliphatic heterocycles. The molecule has 0 saturated heterocycles. The number of nitrogens with one attached hydrogen (secondary N) is 1. The van der Waals surface area contributed by atoms with Crippen LogP contribution in [0.2, 0.25) is 0 Å². The molecule has 2 rings (SSSR count). The smallest absolute Gasteiger partial charge is 0.235 e. The van der Waals surface area contributed by atoms with Crippen molar-refractivity contribution in [3.05, 3.63) is 41.3 Å². The molecule has 1 atom stereocenters. The van der Waals surface area contributed by atoms with Crippen LogP contribution in [-0.2, 0) is 20.4 Å². The number of amides is 1. The Morgan fingerprint density at radius 1 is 1.24 bits per heavy atom. The fourth-order valence-corrected chi connectivity index (χ4v) is 3.53. The van der Waals surface area contributed by atoms with E-state index < -0.39 is 21.5 Å². The molecule has 0 fully saturated rings. The monoisotopic (exact) mass is 364 g/mol. The molecule has 0 radical (unpaired) electrons. The SMILES string of the molecule is CC[C@H](C)NC(=O)CS(=O)(=O)Cc1nc(-c2ccc(C)cc2)oc1C. The predicted octanol–water partition coefficient (Wildman–Crippen LogP) is 2.79. The van der Waals surface area contributed by atoms with Gasteiger partial charge in [0.1, 0.15) is 11.5 Å². The number of sulfone groups is 1. The van der Waals surface area contributed by atoms with Crippen LogP contribution in [0.4, 0.5) is 0 Å². The van der Waals surface area contributed by atoms with Crippen molar-refractivity contribution in [3.63, 3.8) is 0 Å². The quantitative estimate of drug-likeness (QED) is 0.816. The molecule has 6 nitrogen and oxygen atoms in total. The third kappa shape index (κ3) is 5.42. The van der Waals surface area contributed by atoms with Crippen LogP contribution in [0.15, 0.2) is 28.7 Å². The molecule has 1 N–H and O–H groups in total. The largest absolute Gasteiger partial charge is 0.441 e. The normalized spacial score (nSPS) is 12.8. The van der Waals surface area contributed by atoms with Crippen LogP contribution < -0.4 is 5.32 Å². The zero-order valence-corrected chi connectivity index (χ0v) is 15.8. The first kappa shape index (κ1) is 19.2. The van der Waals surface area contributed by atoms with Crippen LogP contribution in [0.1, 0.15) is 37.3 Å². The Balaban J connectivity index is 2.11. The van der Waals surface area contributed by atoms with Crippen LogP contribution in [0.3, 0.4) is 0 Å². The highest BCUT2D eigenvalue weighted by Gasteiger charge is 2.22. The van der Waals surface area contributed by atoms with Crippen molar-refractivity contribution in [2.24, 2.45) is 0 Å². The molecule has 1 aromatic heterocycles. The molecule has 1 aromatic carbocycles. The number of nitrogens with zero attached hydrogens (tertiary/aromatic N) is 1. The van der Waals surface area contributed by atoms with Gasteiger partial charge in [0.2, 0.25) is 11.8 Å². The van der Waals surface area contributed by atoms with Crippen LogP contribution in [0.25, 0.3) is 11.5 Å². The Bertz CT molecular complexity index is 838. The summed E-state index contributed by atoms with van der Waals surface area (Å²) in [4.78, 5) is 16.1. The topological polar surface area (TPSA) is 89.3 Å². The van der Waals surface area contributed by atoms with Crippen LogP contribution >= 0.6 is 0 Å². The molecule has 0 aliphatic carbocycles. The first-order valence-electron chi connectivity index (χ1n) is 8.23. The van der Waals surface area contributed by atoms with Crippen LogP contribution in [0, 0.1) is 13.8 Å². The number of rotatable bonds is 7. The highest BCUT2D eigenvalue weighted by atomic mass is 32.2. The maximum absolute atomic E-state index is 12.3. The van der Waals surface area contributed by atoms with Gasteiger partial charge < -0.3 is 9.73 Å². The van der Waals surface area contributed by atoms with E-state index in [0.29, 0.717) is 17.3 Å². The summed E-state index contributed by atoms with van der Waals surface area (Å²) in [5.41, 5.74) is 2.24. The molecule has 0 saturated carbocycles. The Labute approximate surface area is 148 Å². The molecule has 1 heterocycles. The first-order chi connectivity index (χ1) is 11.7. The minimum atomic E-state index is -3.62. The minimum absolute atomic E-state index is 0.0513. The summed E-state index contributed by atoms with van der Waals surface area (Å²) in [7, 11) is -3.62. The number of benzene rings is 1. The van der Waals surface area contributed by atoms with E-state index in [1.54, 1.807) is 6.92 Å². The standard InChI is InChI=1S/C18H24N2O4S/c1-5-13(3)19-17(21)11-25(22,23)10-16-14(4)24-18(20-16)15-8-6-12(2)7-9-15/h6-9,13H,5,10-11H2,1-4H3,(H,19,21)/t13-/m0/s1. The molecule has 25 heavy (non-hydrogen) atoms. The number of carbonyl (C=O) groups is 1. The van der Waals surface area contributed by atoms with E-state index in [1.807, 2.05) is 45.0 Å². The van der Waals surface area contributed by atoms with Crippen molar-refractivity contribution in [3.8, 4) is 11.5 Å². The second kappa shape index (κ2) is 7.82. The number of aryl methyl sites for hydroxylation is 2. The van der Waals surface area contributed by atoms with Crippen LogP contribution in [-0.4, -0.2) is 31.1 Å². The number of aromatic nitrogens is 1. The maximum atomic E-state index is 12.3. The minimum Gasteiger partial charge on any atom is -0.441 e. The average molecular weight is 364 g/mol. The van der Waals surface area contributed by atoms with Gasteiger partial charge >= 0.3 is 0 Å². The lowest BCUT2D eigenvalue weighted by Gasteiger charge is -2.11. The molecule has 0 bridgehead atoms. The van der Waals surface area contributed by atoms with Gasteiger partial charge in [-0.3, -0.25) is 4.79 Å². The third-order valence-electron chi connectivity index (χ3n) is 3.92. The summed E-state index contributed by atoms with van der Waals surface area (Å²) < 4.78 is 30.2.